The van der Waals surface area contributed by atoms with E-state index in [4.69, 9.17) is 0 Å². The number of carbonyl (C=O) groups is 1. The van der Waals surface area contributed by atoms with Crippen molar-refractivity contribution in [3.8, 4) is 5.69 Å². The molecule has 0 atom stereocenters. The molecule has 1 aromatic carbocycles. The van der Waals surface area contributed by atoms with Crippen LogP contribution in [0.3, 0.4) is 0 Å². The van der Waals surface area contributed by atoms with E-state index in [0.29, 0.717) is 16.9 Å². The van der Waals surface area contributed by atoms with E-state index in [1.54, 1.807) is 0 Å². The number of carbonyl (C=O) groups excluding carboxylic acids is 1. The van der Waals surface area contributed by atoms with Crippen molar-refractivity contribution in [2.45, 2.75) is 12.4 Å². The lowest BCUT2D eigenvalue weighted by molar-refractivity contribution is -0.143. The number of amides is 1. The van der Waals surface area contributed by atoms with Gasteiger partial charge in [-0.05, 0) is 30.3 Å². The molecule has 0 aliphatic heterocycles. The van der Waals surface area contributed by atoms with Gasteiger partial charge in [-0.2, -0.15) is 31.4 Å². The van der Waals surface area contributed by atoms with E-state index in [1.165, 1.54) is 0 Å². The van der Waals surface area contributed by atoms with Crippen molar-refractivity contribution in [1.82, 2.24) is 19.7 Å². The van der Waals surface area contributed by atoms with E-state index in [0.717, 1.165) is 36.7 Å². The number of aromatic nitrogens is 4. The van der Waals surface area contributed by atoms with Crippen LogP contribution in [0.2, 0.25) is 0 Å². The maximum absolute atomic E-state index is 14.1. The SMILES string of the molecule is O=C(Nc1ccnc(C(F)(F)F)c1)c1cnn(-c2ccc(F)c3c(=O)[nH]ccc23)c1C(F)(F)F. The fourth-order valence-corrected chi connectivity index (χ4v) is 3.27. The second-order valence-electron chi connectivity index (χ2n) is 6.86. The number of rotatable bonds is 3. The summed E-state index contributed by atoms with van der Waals surface area (Å²) in [7, 11) is 0. The number of nitrogens with one attached hydrogen (secondary N) is 2. The van der Waals surface area contributed by atoms with Gasteiger partial charge in [-0.1, -0.05) is 0 Å². The Labute approximate surface area is 183 Å². The summed E-state index contributed by atoms with van der Waals surface area (Å²) in [5.41, 5.74) is -5.65. The van der Waals surface area contributed by atoms with Gasteiger partial charge in [-0.25, -0.2) is 9.07 Å². The molecule has 0 aliphatic rings. The van der Waals surface area contributed by atoms with Gasteiger partial charge < -0.3 is 10.3 Å². The highest BCUT2D eigenvalue weighted by Gasteiger charge is 2.41. The maximum atomic E-state index is 14.1. The zero-order chi connectivity index (χ0) is 24.8. The summed E-state index contributed by atoms with van der Waals surface area (Å²) in [6.45, 7) is 0. The monoisotopic (exact) mass is 485 g/mol. The number of fused-ring (bicyclic) bond motifs is 1. The maximum Gasteiger partial charge on any atom is 0.434 e. The van der Waals surface area contributed by atoms with Crippen molar-refractivity contribution in [2.24, 2.45) is 0 Å². The van der Waals surface area contributed by atoms with Gasteiger partial charge in [-0.3, -0.25) is 14.6 Å². The summed E-state index contributed by atoms with van der Waals surface area (Å²) in [5.74, 6) is -2.39. The molecule has 0 aliphatic carbocycles. The molecule has 0 saturated carbocycles. The molecule has 2 N–H and O–H groups in total. The van der Waals surface area contributed by atoms with Crippen LogP contribution in [-0.2, 0) is 12.4 Å². The second-order valence-corrected chi connectivity index (χ2v) is 6.86. The summed E-state index contributed by atoms with van der Waals surface area (Å²) in [6, 6.07) is 4.29. The first-order valence-electron chi connectivity index (χ1n) is 9.18. The lowest BCUT2D eigenvalue weighted by Gasteiger charge is -2.14. The number of hydrogen-bond donors (Lipinski definition) is 2. The molecule has 3 aromatic heterocycles. The number of alkyl halides is 6. The Hall–Kier alpha value is -4.23. The molecule has 0 fully saturated rings. The van der Waals surface area contributed by atoms with Gasteiger partial charge in [0.25, 0.3) is 11.5 Å². The summed E-state index contributed by atoms with van der Waals surface area (Å²) in [6.07, 6.45) is -7.62. The van der Waals surface area contributed by atoms with Gasteiger partial charge in [0.2, 0.25) is 0 Å². The zero-order valence-electron chi connectivity index (χ0n) is 16.4. The van der Waals surface area contributed by atoms with Gasteiger partial charge >= 0.3 is 12.4 Å². The molecular weight excluding hydrogens is 475 g/mol. The van der Waals surface area contributed by atoms with Crippen LogP contribution < -0.4 is 10.9 Å². The number of hydrogen-bond acceptors (Lipinski definition) is 4. The molecule has 14 heteroatoms. The first kappa shape index (κ1) is 22.9. The molecule has 0 bridgehead atoms. The number of pyridine rings is 2. The molecule has 176 valence electrons. The van der Waals surface area contributed by atoms with Crippen molar-refractivity contribution < 1.29 is 35.5 Å². The molecule has 0 radical (unpaired) electrons. The largest absolute Gasteiger partial charge is 0.434 e. The van der Waals surface area contributed by atoms with Crippen molar-refractivity contribution >= 4 is 22.4 Å². The first-order chi connectivity index (χ1) is 15.9. The first-order valence-corrected chi connectivity index (χ1v) is 9.18. The Morgan fingerprint density at radius 1 is 1.03 bits per heavy atom. The molecule has 0 spiro atoms. The van der Waals surface area contributed by atoms with Gasteiger partial charge in [0.05, 0.1) is 22.8 Å². The normalized spacial score (nSPS) is 12.2. The van der Waals surface area contributed by atoms with Crippen LogP contribution in [0.15, 0.2) is 53.7 Å². The van der Waals surface area contributed by atoms with Crippen LogP contribution in [0.5, 0.6) is 0 Å². The van der Waals surface area contributed by atoms with E-state index in [2.05, 4.69) is 15.1 Å². The number of anilines is 1. The summed E-state index contributed by atoms with van der Waals surface area (Å²) in [5, 5.41) is 4.81. The van der Waals surface area contributed by atoms with E-state index in [1.807, 2.05) is 5.32 Å². The van der Waals surface area contributed by atoms with Crippen LogP contribution in [0.4, 0.5) is 36.4 Å². The predicted octanol–water partition coefficient (Wildman–Crippen LogP) is 4.54. The smallest absolute Gasteiger partial charge is 0.328 e. The Morgan fingerprint density at radius 2 is 1.76 bits per heavy atom. The van der Waals surface area contributed by atoms with Crippen LogP contribution in [0.25, 0.3) is 16.5 Å². The quantitative estimate of drug-likeness (QED) is 0.417. The second kappa shape index (κ2) is 7.97. The summed E-state index contributed by atoms with van der Waals surface area (Å²) in [4.78, 5) is 29.9. The molecule has 0 saturated heterocycles. The Morgan fingerprint density at radius 3 is 2.44 bits per heavy atom. The lowest BCUT2D eigenvalue weighted by atomic mass is 10.1. The minimum Gasteiger partial charge on any atom is -0.328 e. The van der Waals surface area contributed by atoms with Crippen molar-refractivity contribution in [3.63, 3.8) is 0 Å². The molecular formula is C20H10F7N5O2. The highest BCUT2D eigenvalue weighted by molar-refractivity contribution is 6.05. The third kappa shape index (κ3) is 4.09. The lowest BCUT2D eigenvalue weighted by Crippen LogP contribution is -2.21. The molecule has 34 heavy (non-hydrogen) atoms. The van der Waals surface area contributed by atoms with Crippen LogP contribution in [0.1, 0.15) is 21.7 Å². The molecule has 1 amide bonds. The van der Waals surface area contributed by atoms with E-state index < -0.39 is 57.7 Å². The topological polar surface area (TPSA) is 92.7 Å². The van der Waals surface area contributed by atoms with Crippen LogP contribution >= 0.6 is 0 Å². The Kier molecular flexibility index (Phi) is 5.38. The van der Waals surface area contributed by atoms with Gasteiger partial charge in [0, 0.05) is 23.5 Å². The summed E-state index contributed by atoms with van der Waals surface area (Å²) >= 11 is 0. The Bertz CT molecular complexity index is 1470. The molecule has 0 unspecified atom stereocenters. The zero-order valence-corrected chi connectivity index (χ0v) is 16.4. The van der Waals surface area contributed by atoms with Crippen molar-refractivity contribution in [3.05, 3.63) is 82.0 Å². The molecule has 7 nitrogen and oxygen atoms in total. The average molecular weight is 485 g/mol. The van der Waals surface area contributed by atoms with Gasteiger partial charge in [0.1, 0.15) is 11.5 Å². The number of H-pyrrole nitrogens is 1. The van der Waals surface area contributed by atoms with E-state index in [-0.39, 0.29) is 11.1 Å². The standard InChI is InChI=1S/C20H10F7N5O2/c21-12-1-2-13(10-4-6-29-18(34)15(10)12)32-16(20(25,26)27)11(8-30-32)17(33)31-9-3-5-28-14(7-9)19(22,23)24/h1-8H,(H,29,34)(H,28,31,33). The molecule has 3 heterocycles. The van der Waals surface area contributed by atoms with Crippen LogP contribution in [0, 0.1) is 5.82 Å². The van der Waals surface area contributed by atoms with Crippen LogP contribution in [-0.4, -0.2) is 25.7 Å². The number of nitrogens with zero attached hydrogens (tertiary/aromatic N) is 3. The van der Waals surface area contributed by atoms with Crippen molar-refractivity contribution in [1.29, 1.82) is 0 Å². The van der Waals surface area contributed by atoms with Gasteiger partial charge in [0.15, 0.2) is 5.69 Å². The number of benzene rings is 1. The minimum atomic E-state index is -5.17. The number of halogens is 7. The third-order valence-corrected chi connectivity index (χ3v) is 4.68. The Balaban J connectivity index is 1.83. The fraction of sp³-hybridized carbons (Fsp3) is 0.100. The number of aromatic amines is 1. The predicted molar refractivity (Wildman–Crippen MR) is 104 cm³/mol. The highest BCUT2D eigenvalue weighted by atomic mass is 19.4. The summed E-state index contributed by atoms with van der Waals surface area (Å²) < 4.78 is 94.9. The molecule has 4 aromatic rings. The fourth-order valence-electron chi connectivity index (χ4n) is 3.27. The third-order valence-electron chi connectivity index (χ3n) is 4.68. The minimum absolute atomic E-state index is 0.215. The molecule has 4 rings (SSSR count). The van der Waals surface area contributed by atoms with E-state index in [9.17, 15) is 40.3 Å². The average Bonchev–Trinajstić information content (AvgIpc) is 3.19. The highest BCUT2D eigenvalue weighted by Crippen LogP contribution is 2.36. The van der Waals surface area contributed by atoms with E-state index >= 15 is 0 Å². The van der Waals surface area contributed by atoms with Gasteiger partial charge in [-0.15, -0.1) is 0 Å². The van der Waals surface area contributed by atoms with Crippen molar-refractivity contribution in [2.75, 3.05) is 5.32 Å².